The van der Waals surface area contributed by atoms with E-state index in [9.17, 15) is 9.59 Å². The normalized spacial score (nSPS) is 20.9. The molecule has 1 rings (SSSR count). The second-order valence-corrected chi connectivity index (χ2v) is 5.47. The average molecular weight is 211 g/mol. The van der Waals surface area contributed by atoms with E-state index in [0.717, 1.165) is 0 Å². The van der Waals surface area contributed by atoms with Gasteiger partial charge < -0.3 is 4.90 Å². The van der Waals surface area contributed by atoms with Crippen LogP contribution in [0, 0.1) is 11.3 Å². The third-order valence-electron chi connectivity index (χ3n) is 2.89. The fourth-order valence-electron chi connectivity index (χ4n) is 1.91. The molecule has 1 fully saturated rings. The molecule has 0 spiro atoms. The minimum absolute atomic E-state index is 0.186. The van der Waals surface area contributed by atoms with Gasteiger partial charge in [0.05, 0.1) is 0 Å². The fourth-order valence-corrected chi connectivity index (χ4v) is 1.91. The number of Topliss-reactive ketones (excluding diaryl/α,β-unsaturated/α-hetero) is 1. The minimum atomic E-state index is -0.356. The standard InChI is InChI=1S/C12H21NO2/c1-9(2)7-11(15)13-6-5-10(14)12(3,4)8-13/h9H,5-8H2,1-4H3. The zero-order chi connectivity index (χ0) is 11.6. The lowest BCUT2D eigenvalue weighted by atomic mass is 9.82. The first-order chi connectivity index (χ1) is 6.83. The number of amides is 1. The van der Waals surface area contributed by atoms with E-state index in [1.807, 2.05) is 32.6 Å². The molecule has 1 amide bonds. The number of hydrogen-bond acceptors (Lipinski definition) is 2. The summed E-state index contributed by atoms with van der Waals surface area (Å²) in [7, 11) is 0. The minimum Gasteiger partial charge on any atom is -0.341 e. The van der Waals surface area contributed by atoms with Crippen molar-refractivity contribution < 1.29 is 9.59 Å². The van der Waals surface area contributed by atoms with Crippen molar-refractivity contribution in [2.24, 2.45) is 11.3 Å². The van der Waals surface area contributed by atoms with Gasteiger partial charge in [-0.25, -0.2) is 0 Å². The van der Waals surface area contributed by atoms with E-state index >= 15 is 0 Å². The highest BCUT2D eigenvalue weighted by molar-refractivity contribution is 5.87. The van der Waals surface area contributed by atoms with Crippen molar-refractivity contribution in [3.05, 3.63) is 0 Å². The highest BCUT2D eigenvalue weighted by Gasteiger charge is 2.35. The number of hydrogen-bond donors (Lipinski definition) is 0. The van der Waals surface area contributed by atoms with Gasteiger partial charge in [0.25, 0.3) is 0 Å². The molecule has 3 nitrogen and oxygen atoms in total. The maximum absolute atomic E-state index is 11.8. The molecule has 3 heteroatoms. The molecule has 1 aliphatic heterocycles. The summed E-state index contributed by atoms with van der Waals surface area (Å²) in [4.78, 5) is 25.2. The van der Waals surface area contributed by atoms with E-state index in [-0.39, 0.29) is 17.1 Å². The van der Waals surface area contributed by atoms with Gasteiger partial charge in [-0.2, -0.15) is 0 Å². The molecule has 0 unspecified atom stereocenters. The Labute approximate surface area is 91.8 Å². The van der Waals surface area contributed by atoms with Crippen molar-refractivity contribution in [1.82, 2.24) is 4.90 Å². The summed E-state index contributed by atoms with van der Waals surface area (Å²) in [5.41, 5.74) is -0.356. The smallest absolute Gasteiger partial charge is 0.222 e. The largest absolute Gasteiger partial charge is 0.341 e. The van der Waals surface area contributed by atoms with E-state index in [2.05, 4.69) is 0 Å². The fraction of sp³-hybridized carbons (Fsp3) is 0.833. The Hall–Kier alpha value is -0.860. The molecule has 0 radical (unpaired) electrons. The van der Waals surface area contributed by atoms with Crippen molar-refractivity contribution in [2.45, 2.75) is 40.5 Å². The molecule has 1 heterocycles. The molecule has 1 aliphatic rings. The lowest BCUT2D eigenvalue weighted by Gasteiger charge is -2.37. The van der Waals surface area contributed by atoms with Crippen LogP contribution in [-0.4, -0.2) is 29.7 Å². The first kappa shape index (κ1) is 12.2. The van der Waals surface area contributed by atoms with Gasteiger partial charge in [0.2, 0.25) is 5.91 Å². The van der Waals surface area contributed by atoms with Crippen LogP contribution in [0.15, 0.2) is 0 Å². The van der Waals surface area contributed by atoms with E-state index in [0.29, 0.717) is 31.8 Å². The van der Waals surface area contributed by atoms with E-state index in [1.165, 1.54) is 0 Å². The van der Waals surface area contributed by atoms with Gasteiger partial charge in [-0.15, -0.1) is 0 Å². The maximum Gasteiger partial charge on any atom is 0.222 e. The van der Waals surface area contributed by atoms with Crippen molar-refractivity contribution in [1.29, 1.82) is 0 Å². The van der Waals surface area contributed by atoms with E-state index < -0.39 is 0 Å². The Bertz CT molecular complexity index is 269. The summed E-state index contributed by atoms with van der Waals surface area (Å²) in [6, 6.07) is 0. The second kappa shape index (κ2) is 4.33. The van der Waals surface area contributed by atoms with Gasteiger partial charge in [-0.1, -0.05) is 27.7 Å². The summed E-state index contributed by atoms with van der Waals surface area (Å²) >= 11 is 0. The van der Waals surface area contributed by atoms with Crippen molar-refractivity contribution in [3.8, 4) is 0 Å². The van der Waals surface area contributed by atoms with Crippen LogP contribution < -0.4 is 0 Å². The summed E-state index contributed by atoms with van der Waals surface area (Å²) in [5.74, 6) is 0.847. The predicted octanol–water partition coefficient (Wildman–Crippen LogP) is 1.86. The zero-order valence-corrected chi connectivity index (χ0v) is 10.2. The Morgan fingerprint density at radius 2 is 2.07 bits per heavy atom. The Morgan fingerprint density at radius 3 is 2.53 bits per heavy atom. The van der Waals surface area contributed by atoms with Crippen LogP contribution in [0.25, 0.3) is 0 Å². The van der Waals surface area contributed by atoms with Gasteiger partial charge in [0.1, 0.15) is 5.78 Å². The highest BCUT2D eigenvalue weighted by Crippen LogP contribution is 2.25. The van der Waals surface area contributed by atoms with Gasteiger partial charge in [0, 0.05) is 31.3 Å². The Kier molecular flexibility index (Phi) is 3.53. The van der Waals surface area contributed by atoms with Crippen LogP contribution in [-0.2, 0) is 9.59 Å². The molecule has 1 saturated heterocycles. The zero-order valence-electron chi connectivity index (χ0n) is 10.2. The van der Waals surface area contributed by atoms with Gasteiger partial charge >= 0.3 is 0 Å². The number of nitrogens with zero attached hydrogens (tertiary/aromatic N) is 1. The van der Waals surface area contributed by atoms with Crippen molar-refractivity contribution >= 4 is 11.7 Å². The van der Waals surface area contributed by atoms with Gasteiger partial charge in [0.15, 0.2) is 0 Å². The predicted molar refractivity (Wildman–Crippen MR) is 59.4 cm³/mol. The number of piperidine rings is 1. The summed E-state index contributed by atoms with van der Waals surface area (Å²) in [6.45, 7) is 9.11. The molecule has 0 aromatic heterocycles. The molecule has 0 bridgehead atoms. The number of carbonyl (C=O) groups is 2. The Morgan fingerprint density at radius 1 is 1.47 bits per heavy atom. The molecule has 0 aliphatic carbocycles. The molecular formula is C12H21NO2. The SMILES string of the molecule is CC(C)CC(=O)N1CCC(=O)C(C)(C)C1. The maximum atomic E-state index is 11.8. The van der Waals surface area contributed by atoms with Crippen LogP contribution in [0.5, 0.6) is 0 Å². The molecule has 0 saturated carbocycles. The number of carbonyl (C=O) groups excluding carboxylic acids is 2. The summed E-state index contributed by atoms with van der Waals surface area (Å²) in [5, 5.41) is 0. The number of rotatable bonds is 2. The van der Waals surface area contributed by atoms with Crippen LogP contribution >= 0.6 is 0 Å². The first-order valence-corrected chi connectivity index (χ1v) is 5.64. The Balaban J connectivity index is 2.59. The van der Waals surface area contributed by atoms with Crippen LogP contribution in [0.2, 0.25) is 0 Å². The topological polar surface area (TPSA) is 37.4 Å². The lowest BCUT2D eigenvalue weighted by molar-refractivity contribution is -0.141. The molecule has 0 N–H and O–H groups in total. The number of ketones is 1. The third kappa shape index (κ3) is 3.05. The lowest BCUT2D eigenvalue weighted by Crippen LogP contribution is -2.48. The summed E-state index contributed by atoms with van der Waals surface area (Å²) < 4.78 is 0. The van der Waals surface area contributed by atoms with Crippen molar-refractivity contribution in [2.75, 3.05) is 13.1 Å². The van der Waals surface area contributed by atoms with E-state index in [1.54, 1.807) is 0 Å². The van der Waals surface area contributed by atoms with Gasteiger partial charge in [-0.3, -0.25) is 9.59 Å². The summed E-state index contributed by atoms with van der Waals surface area (Å²) in [6.07, 6.45) is 1.10. The van der Waals surface area contributed by atoms with Gasteiger partial charge in [-0.05, 0) is 5.92 Å². The van der Waals surface area contributed by atoms with Crippen LogP contribution in [0.1, 0.15) is 40.5 Å². The van der Waals surface area contributed by atoms with Crippen molar-refractivity contribution in [3.63, 3.8) is 0 Å². The molecule has 15 heavy (non-hydrogen) atoms. The number of likely N-dealkylation sites (tertiary alicyclic amines) is 1. The first-order valence-electron chi connectivity index (χ1n) is 5.64. The molecule has 0 aromatic carbocycles. The molecule has 0 aromatic rings. The highest BCUT2D eigenvalue weighted by atomic mass is 16.2. The quantitative estimate of drug-likeness (QED) is 0.699. The monoisotopic (exact) mass is 211 g/mol. The average Bonchev–Trinajstić information content (AvgIpc) is 2.08. The molecular weight excluding hydrogens is 190 g/mol. The van der Waals surface area contributed by atoms with Crippen LogP contribution in [0.3, 0.4) is 0 Å². The molecule has 0 atom stereocenters. The molecule has 86 valence electrons. The van der Waals surface area contributed by atoms with E-state index in [4.69, 9.17) is 0 Å². The van der Waals surface area contributed by atoms with Crippen LogP contribution in [0.4, 0.5) is 0 Å². The second-order valence-electron chi connectivity index (χ2n) is 5.47. The third-order valence-corrected chi connectivity index (χ3v) is 2.89.